The van der Waals surface area contributed by atoms with E-state index < -0.39 is 0 Å². The molecule has 0 saturated heterocycles. The molecule has 0 amide bonds. The summed E-state index contributed by atoms with van der Waals surface area (Å²) >= 11 is 0. The van der Waals surface area contributed by atoms with Gasteiger partial charge in [-0.15, -0.1) is 0 Å². The average Bonchev–Trinajstić information content (AvgIpc) is 2.34. The molecular formula is C11H18N4O. The fourth-order valence-electron chi connectivity index (χ4n) is 1.32. The fourth-order valence-corrected chi connectivity index (χ4v) is 1.32. The molecule has 0 saturated carbocycles. The van der Waals surface area contributed by atoms with Gasteiger partial charge in [-0.2, -0.15) is 0 Å². The van der Waals surface area contributed by atoms with E-state index in [4.69, 9.17) is 10.6 Å². The Morgan fingerprint density at radius 3 is 2.81 bits per heavy atom. The zero-order chi connectivity index (χ0) is 11.8. The van der Waals surface area contributed by atoms with Gasteiger partial charge in [0, 0.05) is 12.1 Å². The van der Waals surface area contributed by atoms with Crippen molar-refractivity contribution in [2.45, 2.75) is 13.5 Å². The van der Waals surface area contributed by atoms with E-state index in [2.05, 4.69) is 15.7 Å². The summed E-state index contributed by atoms with van der Waals surface area (Å²) in [6, 6.07) is 7.77. The molecule has 0 bridgehead atoms. The summed E-state index contributed by atoms with van der Waals surface area (Å²) in [5.74, 6) is 6.73. The molecule has 1 rings (SSSR count). The van der Waals surface area contributed by atoms with E-state index >= 15 is 0 Å². The number of ether oxygens (including phenoxy) is 1. The molecule has 0 atom stereocenters. The van der Waals surface area contributed by atoms with Crippen LogP contribution in [0.15, 0.2) is 29.3 Å². The zero-order valence-corrected chi connectivity index (χ0v) is 9.66. The highest BCUT2D eigenvalue weighted by molar-refractivity contribution is 5.79. The Hall–Kier alpha value is -1.75. The van der Waals surface area contributed by atoms with Gasteiger partial charge in [-0.1, -0.05) is 18.2 Å². The van der Waals surface area contributed by atoms with Gasteiger partial charge < -0.3 is 10.1 Å². The van der Waals surface area contributed by atoms with E-state index in [0.717, 1.165) is 17.9 Å². The van der Waals surface area contributed by atoms with Gasteiger partial charge in [-0.3, -0.25) is 5.43 Å². The van der Waals surface area contributed by atoms with E-state index in [1.165, 1.54) is 0 Å². The van der Waals surface area contributed by atoms with E-state index in [-0.39, 0.29) is 0 Å². The fraction of sp³-hybridized carbons (Fsp3) is 0.364. The summed E-state index contributed by atoms with van der Waals surface area (Å²) in [5, 5.41) is 3.01. The molecule has 0 aromatic heterocycles. The van der Waals surface area contributed by atoms with Gasteiger partial charge >= 0.3 is 0 Å². The second kappa shape index (κ2) is 6.68. The summed E-state index contributed by atoms with van der Waals surface area (Å²) in [6.45, 7) is 3.28. The number of guanidine groups is 1. The molecule has 88 valence electrons. The number of aliphatic imine (C=N–C) groups is 1. The minimum absolute atomic E-state index is 0.524. The molecular weight excluding hydrogens is 204 g/mol. The van der Waals surface area contributed by atoms with Crippen LogP contribution in [0.1, 0.15) is 12.5 Å². The molecule has 0 spiro atoms. The molecule has 0 fully saturated rings. The van der Waals surface area contributed by atoms with Crippen LogP contribution in [-0.4, -0.2) is 19.6 Å². The van der Waals surface area contributed by atoms with Gasteiger partial charge in [-0.05, 0) is 13.0 Å². The van der Waals surface area contributed by atoms with Crippen molar-refractivity contribution in [2.75, 3.05) is 13.7 Å². The predicted octanol–water partition coefficient (Wildman–Crippen LogP) is 0.624. The van der Waals surface area contributed by atoms with E-state index in [1.807, 2.05) is 31.2 Å². The molecule has 0 aliphatic heterocycles. The maximum Gasteiger partial charge on any atom is 0.206 e. The van der Waals surface area contributed by atoms with Crippen LogP contribution in [0.5, 0.6) is 5.75 Å². The Morgan fingerprint density at radius 1 is 1.44 bits per heavy atom. The van der Waals surface area contributed by atoms with Crippen molar-refractivity contribution in [3.63, 3.8) is 0 Å². The lowest BCUT2D eigenvalue weighted by molar-refractivity contribution is 0.410. The Labute approximate surface area is 95.7 Å². The third-order valence-electron chi connectivity index (χ3n) is 2.08. The van der Waals surface area contributed by atoms with Crippen LogP contribution in [0, 0.1) is 0 Å². The van der Waals surface area contributed by atoms with Gasteiger partial charge in [0.1, 0.15) is 5.75 Å². The number of nitrogens with zero attached hydrogens (tertiary/aromatic N) is 1. The molecule has 4 N–H and O–H groups in total. The smallest absolute Gasteiger partial charge is 0.206 e. The lowest BCUT2D eigenvalue weighted by atomic mass is 10.2. The number of nitrogens with two attached hydrogens (primary N) is 1. The van der Waals surface area contributed by atoms with Crippen LogP contribution in [0.4, 0.5) is 0 Å². The van der Waals surface area contributed by atoms with Crippen molar-refractivity contribution in [2.24, 2.45) is 10.8 Å². The predicted molar refractivity (Wildman–Crippen MR) is 65.1 cm³/mol. The molecule has 1 aromatic carbocycles. The van der Waals surface area contributed by atoms with Crippen LogP contribution in [0.2, 0.25) is 0 Å². The Kier molecular flexibility index (Phi) is 5.15. The first-order valence-electron chi connectivity index (χ1n) is 5.18. The SMILES string of the molecule is CCNC(=NCc1ccccc1OC)NN. The minimum Gasteiger partial charge on any atom is -0.496 e. The highest BCUT2D eigenvalue weighted by atomic mass is 16.5. The maximum absolute atomic E-state index is 5.32. The number of benzene rings is 1. The Balaban J connectivity index is 2.72. The highest BCUT2D eigenvalue weighted by Crippen LogP contribution is 2.17. The first-order valence-corrected chi connectivity index (χ1v) is 5.18. The number of nitrogens with one attached hydrogen (secondary N) is 2. The number of para-hydroxylation sites is 1. The first kappa shape index (κ1) is 12.3. The highest BCUT2D eigenvalue weighted by Gasteiger charge is 2.00. The van der Waals surface area contributed by atoms with Gasteiger partial charge in [0.05, 0.1) is 13.7 Å². The Morgan fingerprint density at radius 2 is 2.19 bits per heavy atom. The van der Waals surface area contributed by atoms with Crippen molar-refractivity contribution in [3.05, 3.63) is 29.8 Å². The minimum atomic E-state index is 0.524. The van der Waals surface area contributed by atoms with Crippen LogP contribution >= 0.6 is 0 Å². The lowest BCUT2D eigenvalue weighted by Gasteiger charge is -2.08. The van der Waals surface area contributed by atoms with Crippen molar-refractivity contribution in [3.8, 4) is 5.75 Å². The zero-order valence-electron chi connectivity index (χ0n) is 9.66. The third kappa shape index (κ3) is 3.43. The second-order valence-electron chi connectivity index (χ2n) is 3.15. The van der Waals surface area contributed by atoms with Crippen LogP contribution in [0.25, 0.3) is 0 Å². The lowest BCUT2D eigenvalue weighted by Crippen LogP contribution is -2.41. The molecule has 16 heavy (non-hydrogen) atoms. The topological polar surface area (TPSA) is 71.7 Å². The maximum atomic E-state index is 5.32. The van der Waals surface area contributed by atoms with Crippen LogP contribution in [-0.2, 0) is 6.54 Å². The quantitative estimate of drug-likeness (QED) is 0.302. The van der Waals surface area contributed by atoms with Gasteiger partial charge in [-0.25, -0.2) is 10.8 Å². The van der Waals surface area contributed by atoms with E-state index in [9.17, 15) is 0 Å². The van der Waals surface area contributed by atoms with Crippen molar-refractivity contribution >= 4 is 5.96 Å². The standard InChI is InChI=1S/C11H18N4O/c1-3-13-11(15-12)14-8-9-6-4-5-7-10(9)16-2/h4-7H,3,8,12H2,1-2H3,(H2,13,14,15). The molecule has 0 aliphatic carbocycles. The average molecular weight is 222 g/mol. The number of hydrogen-bond donors (Lipinski definition) is 3. The summed E-state index contributed by atoms with van der Waals surface area (Å²) < 4.78 is 5.23. The van der Waals surface area contributed by atoms with E-state index in [1.54, 1.807) is 7.11 Å². The summed E-state index contributed by atoms with van der Waals surface area (Å²) in [6.07, 6.45) is 0. The summed E-state index contributed by atoms with van der Waals surface area (Å²) in [5.41, 5.74) is 3.53. The number of hydrazine groups is 1. The molecule has 0 radical (unpaired) electrons. The number of rotatable bonds is 4. The largest absolute Gasteiger partial charge is 0.496 e. The molecule has 0 heterocycles. The molecule has 0 aliphatic rings. The molecule has 5 heteroatoms. The third-order valence-corrected chi connectivity index (χ3v) is 2.08. The number of methoxy groups -OCH3 is 1. The Bertz CT molecular complexity index is 352. The molecule has 0 unspecified atom stereocenters. The number of hydrogen-bond acceptors (Lipinski definition) is 3. The normalized spacial score (nSPS) is 11.1. The monoisotopic (exact) mass is 222 g/mol. The summed E-state index contributed by atoms with van der Waals surface area (Å²) in [4.78, 5) is 4.30. The van der Waals surface area contributed by atoms with Crippen LogP contribution < -0.4 is 21.3 Å². The van der Waals surface area contributed by atoms with Gasteiger partial charge in [0.25, 0.3) is 0 Å². The van der Waals surface area contributed by atoms with Crippen molar-refractivity contribution in [1.82, 2.24) is 10.7 Å². The van der Waals surface area contributed by atoms with Crippen LogP contribution in [0.3, 0.4) is 0 Å². The molecule has 5 nitrogen and oxygen atoms in total. The first-order chi connectivity index (χ1) is 7.81. The summed E-state index contributed by atoms with van der Waals surface area (Å²) in [7, 11) is 1.65. The van der Waals surface area contributed by atoms with Gasteiger partial charge in [0.2, 0.25) is 5.96 Å². The second-order valence-corrected chi connectivity index (χ2v) is 3.15. The van der Waals surface area contributed by atoms with Gasteiger partial charge in [0.15, 0.2) is 0 Å². The van der Waals surface area contributed by atoms with Crippen molar-refractivity contribution < 1.29 is 4.74 Å². The van der Waals surface area contributed by atoms with E-state index in [0.29, 0.717) is 12.5 Å². The molecule has 1 aromatic rings. The van der Waals surface area contributed by atoms with Crippen molar-refractivity contribution in [1.29, 1.82) is 0 Å².